The van der Waals surface area contributed by atoms with Crippen molar-refractivity contribution in [3.8, 4) is 0 Å². The minimum Gasteiger partial charge on any atom is -0.351 e. The van der Waals surface area contributed by atoms with Crippen LogP contribution in [0.2, 0.25) is 0 Å². The highest BCUT2D eigenvalue weighted by Crippen LogP contribution is 2.20. The van der Waals surface area contributed by atoms with Gasteiger partial charge < -0.3 is 5.32 Å². The third-order valence-corrected chi connectivity index (χ3v) is 4.33. The molecule has 1 unspecified atom stereocenters. The van der Waals surface area contributed by atoms with E-state index in [9.17, 15) is 14.4 Å². The highest BCUT2D eigenvalue weighted by Gasteiger charge is 2.37. The Morgan fingerprint density at radius 3 is 2.32 bits per heavy atom. The van der Waals surface area contributed by atoms with E-state index in [4.69, 9.17) is 0 Å². The molecule has 128 valence electrons. The second-order valence-corrected chi connectivity index (χ2v) is 6.06. The average Bonchev–Trinajstić information content (AvgIpc) is 2.67. The van der Waals surface area contributed by atoms with Crippen molar-refractivity contribution in [1.82, 2.24) is 10.2 Å². The van der Waals surface area contributed by atoms with Crippen LogP contribution >= 0.6 is 0 Å². The van der Waals surface area contributed by atoms with E-state index >= 15 is 0 Å². The van der Waals surface area contributed by atoms with E-state index in [0.717, 1.165) is 5.56 Å². The van der Waals surface area contributed by atoms with Crippen LogP contribution in [-0.4, -0.2) is 29.2 Å². The van der Waals surface area contributed by atoms with Crippen molar-refractivity contribution in [2.45, 2.75) is 19.4 Å². The second kappa shape index (κ2) is 7.75. The summed E-state index contributed by atoms with van der Waals surface area (Å²) in [5.41, 5.74) is 1.43. The zero-order valence-corrected chi connectivity index (χ0v) is 13.9. The second-order valence-electron chi connectivity index (χ2n) is 6.06. The van der Waals surface area contributed by atoms with Gasteiger partial charge in [-0.05, 0) is 30.5 Å². The van der Waals surface area contributed by atoms with Gasteiger partial charge in [0.15, 0.2) is 0 Å². The monoisotopic (exact) mass is 336 g/mol. The summed E-state index contributed by atoms with van der Waals surface area (Å²) in [5.74, 6) is -1.87. The number of nitrogens with zero attached hydrogens (tertiary/aromatic N) is 1. The molecule has 1 N–H and O–H groups in total. The fourth-order valence-corrected chi connectivity index (χ4v) is 2.96. The van der Waals surface area contributed by atoms with Gasteiger partial charge >= 0.3 is 0 Å². The van der Waals surface area contributed by atoms with Gasteiger partial charge in [0.1, 0.15) is 5.92 Å². The van der Waals surface area contributed by atoms with Gasteiger partial charge in [0, 0.05) is 18.7 Å². The maximum Gasteiger partial charge on any atom is 0.260 e. The van der Waals surface area contributed by atoms with Gasteiger partial charge in [-0.25, -0.2) is 0 Å². The first-order chi connectivity index (χ1) is 12.2. The Bertz CT molecular complexity index is 759. The van der Waals surface area contributed by atoms with Gasteiger partial charge in [0.2, 0.25) is 11.8 Å². The normalized spacial score (nSPS) is 17.2. The van der Waals surface area contributed by atoms with E-state index in [1.807, 2.05) is 36.4 Å². The summed E-state index contributed by atoms with van der Waals surface area (Å²) in [6.45, 7) is 0.727. The van der Waals surface area contributed by atoms with Crippen LogP contribution in [0.4, 0.5) is 0 Å². The summed E-state index contributed by atoms with van der Waals surface area (Å²) < 4.78 is 0. The highest BCUT2D eigenvalue weighted by atomic mass is 16.2. The molecule has 5 nitrogen and oxygen atoms in total. The van der Waals surface area contributed by atoms with Gasteiger partial charge in [-0.2, -0.15) is 0 Å². The van der Waals surface area contributed by atoms with E-state index in [1.54, 1.807) is 24.3 Å². The highest BCUT2D eigenvalue weighted by molar-refractivity contribution is 6.11. The van der Waals surface area contributed by atoms with Crippen LogP contribution in [0.25, 0.3) is 0 Å². The van der Waals surface area contributed by atoms with Gasteiger partial charge in [-0.3, -0.25) is 19.3 Å². The summed E-state index contributed by atoms with van der Waals surface area (Å²) >= 11 is 0. The Balaban J connectivity index is 1.65. The first-order valence-electron chi connectivity index (χ1n) is 8.39. The van der Waals surface area contributed by atoms with Gasteiger partial charge in [0.25, 0.3) is 5.91 Å². The van der Waals surface area contributed by atoms with Crippen molar-refractivity contribution in [2.24, 2.45) is 5.92 Å². The first-order valence-corrected chi connectivity index (χ1v) is 8.39. The maximum absolute atomic E-state index is 12.6. The quantitative estimate of drug-likeness (QED) is 0.689. The number of hydrogen-bond donors (Lipinski definition) is 1. The number of carbonyl (C=O) groups excluding carboxylic acids is 3. The third kappa shape index (κ3) is 3.94. The number of imide groups is 1. The van der Waals surface area contributed by atoms with Crippen LogP contribution in [0, 0.1) is 5.92 Å². The SMILES string of the molecule is O=C(NCc1ccccc1)C1CCCN(C(=O)c2ccccc2)C1=O. The molecule has 0 spiro atoms. The summed E-state index contributed by atoms with van der Waals surface area (Å²) in [4.78, 5) is 38.8. The van der Waals surface area contributed by atoms with E-state index in [-0.39, 0.29) is 11.8 Å². The van der Waals surface area contributed by atoms with Crippen molar-refractivity contribution in [3.63, 3.8) is 0 Å². The van der Waals surface area contributed by atoms with Gasteiger partial charge in [0.05, 0.1) is 0 Å². The molecule has 1 atom stereocenters. The lowest BCUT2D eigenvalue weighted by Gasteiger charge is -2.30. The minimum atomic E-state index is -0.801. The van der Waals surface area contributed by atoms with Crippen LogP contribution in [0.5, 0.6) is 0 Å². The number of rotatable bonds is 4. The van der Waals surface area contributed by atoms with Crippen LogP contribution in [-0.2, 0) is 16.1 Å². The molecule has 0 aliphatic carbocycles. The van der Waals surface area contributed by atoms with Crippen molar-refractivity contribution in [1.29, 1.82) is 0 Å². The molecule has 0 saturated carbocycles. The van der Waals surface area contributed by atoms with Crippen LogP contribution in [0.3, 0.4) is 0 Å². The summed E-state index contributed by atoms with van der Waals surface area (Å²) in [6, 6.07) is 18.2. The van der Waals surface area contributed by atoms with Crippen LogP contribution < -0.4 is 5.32 Å². The maximum atomic E-state index is 12.6. The number of amides is 3. The van der Waals surface area contributed by atoms with Crippen molar-refractivity contribution >= 4 is 17.7 Å². The van der Waals surface area contributed by atoms with Crippen molar-refractivity contribution in [2.75, 3.05) is 6.54 Å². The fraction of sp³-hybridized carbons (Fsp3) is 0.250. The molecular weight excluding hydrogens is 316 g/mol. The van der Waals surface area contributed by atoms with Crippen LogP contribution in [0.15, 0.2) is 60.7 Å². The Kier molecular flexibility index (Phi) is 5.23. The van der Waals surface area contributed by atoms with E-state index in [2.05, 4.69) is 5.32 Å². The zero-order valence-electron chi connectivity index (χ0n) is 13.9. The number of nitrogens with one attached hydrogen (secondary N) is 1. The molecule has 2 aromatic rings. The fourth-order valence-electron chi connectivity index (χ4n) is 2.96. The molecule has 1 heterocycles. The molecule has 0 aromatic heterocycles. The molecule has 1 saturated heterocycles. The molecule has 3 amide bonds. The smallest absolute Gasteiger partial charge is 0.260 e. The van der Waals surface area contributed by atoms with Gasteiger partial charge in [-0.15, -0.1) is 0 Å². The van der Waals surface area contributed by atoms with Crippen LogP contribution in [0.1, 0.15) is 28.8 Å². The number of benzene rings is 2. The van der Waals surface area contributed by atoms with Gasteiger partial charge in [-0.1, -0.05) is 48.5 Å². The number of likely N-dealkylation sites (tertiary alicyclic amines) is 1. The van der Waals surface area contributed by atoms with E-state index in [0.29, 0.717) is 31.5 Å². The predicted octanol–water partition coefficient (Wildman–Crippen LogP) is 2.38. The summed E-state index contributed by atoms with van der Waals surface area (Å²) in [6.07, 6.45) is 1.10. The standard InChI is InChI=1S/C20H20N2O3/c23-18(21-14-15-8-3-1-4-9-15)17-12-7-13-22(20(17)25)19(24)16-10-5-2-6-11-16/h1-6,8-11,17H,7,12-14H2,(H,21,23). The Morgan fingerprint density at radius 2 is 1.64 bits per heavy atom. The predicted molar refractivity (Wildman–Crippen MR) is 93.5 cm³/mol. The lowest BCUT2D eigenvalue weighted by Crippen LogP contribution is -2.49. The van der Waals surface area contributed by atoms with Crippen molar-refractivity contribution in [3.05, 3.63) is 71.8 Å². The zero-order chi connectivity index (χ0) is 17.6. The van der Waals surface area contributed by atoms with E-state index in [1.165, 1.54) is 4.90 Å². The molecule has 2 aromatic carbocycles. The molecule has 1 aliphatic rings. The lowest BCUT2D eigenvalue weighted by atomic mass is 9.95. The Morgan fingerprint density at radius 1 is 1.00 bits per heavy atom. The minimum absolute atomic E-state index is 0.320. The topological polar surface area (TPSA) is 66.5 Å². The average molecular weight is 336 g/mol. The largest absolute Gasteiger partial charge is 0.351 e. The molecule has 0 radical (unpaired) electrons. The molecule has 3 rings (SSSR count). The molecule has 1 aliphatic heterocycles. The molecule has 0 bridgehead atoms. The Labute approximate surface area is 146 Å². The molecular formula is C20H20N2O3. The summed E-state index contributed by atoms with van der Waals surface area (Å²) in [7, 11) is 0. The first kappa shape index (κ1) is 16.9. The number of hydrogen-bond acceptors (Lipinski definition) is 3. The molecule has 1 fully saturated rings. The molecule has 25 heavy (non-hydrogen) atoms. The number of piperidine rings is 1. The lowest BCUT2D eigenvalue weighted by molar-refractivity contribution is -0.142. The molecule has 5 heteroatoms. The summed E-state index contributed by atoms with van der Waals surface area (Å²) in [5, 5.41) is 2.80. The van der Waals surface area contributed by atoms with E-state index < -0.39 is 11.8 Å². The Hall–Kier alpha value is -2.95. The third-order valence-electron chi connectivity index (χ3n) is 4.33. The van der Waals surface area contributed by atoms with Crippen molar-refractivity contribution < 1.29 is 14.4 Å². The number of carbonyl (C=O) groups is 3.